The minimum absolute atomic E-state index is 0.202. The molecule has 11 heteroatoms. The molecule has 1 fully saturated rings. The van der Waals surface area contributed by atoms with Gasteiger partial charge in [-0.3, -0.25) is 4.68 Å². The Kier molecular flexibility index (Phi) is 4.13. The second kappa shape index (κ2) is 6.91. The van der Waals surface area contributed by atoms with Crippen molar-refractivity contribution in [2.75, 3.05) is 0 Å². The van der Waals surface area contributed by atoms with Crippen LogP contribution in [0.25, 0.3) is 22.4 Å². The maximum Gasteiger partial charge on any atom is 0.283 e. The summed E-state index contributed by atoms with van der Waals surface area (Å²) in [6.07, 6.45) is 2.58. The predicted molar refractivity (Wildman–Crippen MR) is 111 cm³/mol. The Labute approximate surface area is 182 Å². The largest absolute Gasteiger partial charge is 0.283 e. The van der Waals surface area contributed by atoms with Gasteiger partial charge in [-0.15, -0.1) is 5.10 Å². The lowest BCUT2D eigenvalue weighted by Crippen LogP contribution is -2.07. The quantitative estimate of drug-likeness (QED) is 0.371. The minimum atomic E-state index is -2.64. The number of para-hydroxylation sites is 1. The molecule has 0 radical (unpaired) electrons. The SMILES string of the molecule is FC(F)c1nn(Cc2nc3c4cnn(-c5ccccc5)c4ncn3n2)c(C2CC2)c1Br. The number of nitrogens with zero attached hydrogens (tertiary/aromatic N) is 8. The van der Waals surface area contributed by atoms with Gasteiger partial charge in [0.05, 0.1) is 27.4 Å². The van der Waals surface area contributed by atoms with Crippen molar-refractivity contribution in [1.82, 2.24) is 39.1 Å². The van der Waals surface area contributed by atoms with Crippen LogP contribution < -0.4 is 0 Å². The molecule has 31 heavy (non-hydrogen) atoms. The third-order valence-electron chi connectivity index (χ3n) is 5.37. The first-order valence-corrected chi connectivity index (χ1v) is 10.6. The van der Waals surface area contributed by atoms with E-state index >= 15 is 0 Å². The van der Waals surface area contributed by atoms with Gasteiger partial charge >= 0.3 is 0 Å². The minimum Gasteiger partial charge on any atom is -0.260 e. The molecule has 0 amide bonds. The van der Waals surface area contributed by atoms with Crippen LogP contribution in [-0.4, -0.2) is 39.1 Å². The van der Waals surface area contributed by atoms with Crippen LogP contribution in [0.5, 0.6) is 0 Å². The van der Waals surface area contributed by atoms with Crippen LogP contribution in [0.4, 0.5) is 8.78 Å². The number of fused-ring (bicyclic) bond motifs is 3. The van der Waals surface area contributed by atoms with Crippen LogP contribution in [0.1, 0.15) is 42.4 Å². The highest BCUT2D eigenvalue weighted by atomic mass is 79.9. The molecule has 5 aromatic rings. The van der Waals surface area contributed by atoms with E-state index in [0.717, 1.165) is 29.6 Å². The number of hydrogen-bond acceptors (Lipinski definition) is 5. The van der Waals surface area contributed by atoms with E-state index in [9.17, 15) is 8.78 Å². The van der Waals surface area contributed by atoms with E-state index in [1.165, 1.54) is 0 Å². The second-order valence-electron chi connectivity index (χ2n) is 7.49. The summed E-state index contributed by atoms with van der Waals surface area (Å²) in [6, 6.07) is 9.70. The molecule has 0 aliphatic heterocycles. The van der Waals surface area contributed by atoms with Gasteiger partial charge in [-0.1, -0.05) is 18.2 Å². The average Bonchev–Trinajstić information content (AvgIpc) is 3.22. The predicted octanol–water partition coefficient (Wildman–Crippen LogP) is 4.29. The Balaban J connectivity index is 1.42. The van der Waals surface area contributed by atoms with Crippen molar-refractivity contribution >= 4 is 32.6 Å². The van der Waals surface area contributed by atoms with Gasteiger partial charge in [-0.25, -0.2) is 27.9 Å². The molecule has 0 N–H and O–H groups in total. The molecule has 0 saturated heterocycles. The van der Waals surface area contributed by atoms with E-state index in [2.05, 4.69) is 41.2 Å². The van der Waals surface area contributed by atoms with Crippen molar-refractivity contribution in [3.05, 3.63) is 64.5 Å². The van der Waals surface area contributed by atoms with Gasteiger partial charge in [0.1, 0.15) is 18.6 Å². The number of hydrogen-bond donors (Lipinski definition) is 0. The molecule has 1 saturated carbocycles. The Morgan fingerprint density at radius 2 is 1.90 bits per heavy atom. The first kappa shape index (κ1) is 18.6. The van der Waals surface area contributed by atoms with Crippen LogP contribution in [-0.2, 0) is 6.54 Å². The summed E-state index contributed by atoms with van der Waals surface area (Å²) in [5, 5.41) is 13.8. The Hall–Kier alpha value is -3.21. The van der Waals surface area contributed by atoms with E-state index in [0.29, 0.717) is 21.6 Å². The van der Waals surface area contributed by atoms with Crippen LogP contribution >= 0.6 is 15.9 Å². The van der Waals surface area contributed by atoms with Crippen molar-refractivity contribution in [3.63, 3.8) is 0 Å². The van der Waals surface area contributed by atoms with E-state index in [1.54, 1.807) is 26.4 Å². The van der Waals surface area contributed by atoms with E-state index in [1.807, 2.05) is 30.3 Å². The van der Waals surface area contributed by atoms with E-state index in [-0.39, 0.29) is 18.2 Å². The summed E-state index contributed by atoms with van der Waals surface area (Å²) < 4.78 is 32.0. The Bertz CT molecular complexity index is 1420. The Morgan fingerprint density at radius 3 is 2.65 bits per heavy atom. The summed E-state index contributed by atoms with van der Waals surface area (Å²) in [5.74, 6) is 0.711. The summed E-state index contributed by atoms with van der Waals surface area (Å²) in [4.78, 5) is 9.14. The van der Waals surface area contributed by atoms with Gasteiger partial charge in [0, 0.05) is 5.92 Å². The van der Waals surface area contributed by atoms with E-state index in [4.69, 9.17) is 0 Å². The number of benzene rings is 1. The number of halogens is 3. The molecule has 4 aromatic heterocycles. The van der Waals surface area contributed by atoms with Gasteiger partial charge in [0.25, 0.3) is 6.43 Å². The third kappa shape index (κ3) is 3.02. The molecule has 1 aliphatic carbocycles. The molecular formula is C20H15BrF2N8. The highest BCUT2D eigenvalue weighted by Crippen LogP contribution is 2.45. The first-order valence-electron chi connectivity index (χ1n) is 9.78. The lowest BCUT2D eigenvalue weighted by atomic mass is 10.2. The summed E-state index contributed by atoms with van der Waals surface area (Å²) in [5.41, 5.74) is 2.71. The van der Waals surface area contributed by atoms with Crippen molar-refractivity contribution in [2.45, 2.75) is 31.7 Å². The zero-order valence-electron chi connectivity index (χ0n) is 16.0. The third-order valence-corrected chi connectivity index (χ3v) is 6.18. The summed E-state index contributed by atoms with van der Waals surface area (Å²) in [7, 11) is 0. The highest BCUT2D eigenvalue weighted by molar-refractivity contribution is 9.10. The van der Waals surface area contributed by atoms with Gasteiger partial charge in [-0.2, -0.15) is 10.2 Å². The maximum absolute atomic E-state index is 13.4. The van der Waals surface area contributed by atoms with Crippen molar-refractivity contribution < 1.29 is 8.78 Å². The van der Waals surface area contributed by atoms with Crippen molar-refractivity contribution in [3.8, 4) is 5.69 Å². The van der Waals surface area contributed by atoms with Gasteiger partial charge in [-0.05, 0) is 40.9 Å². The smallest absolute Gasteiger partial charge is 0.260 e. The summed E-state index contributed by atoms with van der Waals surface area (Å²) in [6.45, 7) is 0.202. The zero-order chi connectivity index (χ0) is 21.1. The Morgan fingerprint density at radius 1 is 1.10 bits per heavy atom. The normalized spacial score (nSPS) is 14.3. The molecule has 0 spiro atoms. The molecule has 156 valence electrons. The molecular weight excluding hydrogens is 470 g/mol. The number of rotatable bonds is 5. The molecule has 1 aromatic carbocycles. The average molecular weight is 485 g/mol. The molecule has 0 bridgehead atoms. The van der Waals surface area contributed by atoms with Crippen molar-refractivity contribution in [1.29, 1.82) is 0 Å². The highest BCUT2D eigenvalue weighted by Gasteiger charge is 2.34. The van der Waals surface area contributed by atoms with Gasteiger partial charge in [0.2, 0.25) is 0 Å². The molecule has 0 unspecified atom stereocenters. The summed E-state index contributed by atoms with van der Waals surface area (Å²) >= 11 is 3.32. The molecule has 1 aliphatic rings. The van der Waals surface area contributed by atoms with Crippen LogP contribution in [0.15, 0.2) is 47.3 Å². The maximum atomic E-state index is 13.4. The lowest BCUT2D eigenvalue weighted by Gasteiger charge is -2.03. The molecule has 0 atom stereocenters. The fourth-order valence-electron chi connectivity index (χ4n) is 3.80. The van der Waals surface area contributed by atoms with Crippen molar-refractivity contribution in [2.24, 2.45) is 0 Å². The van der Waals surface area contributed by atoms with Crippen LogP contribution in [0, 0.1) is 0 Å². The zero-order valence-corrected chi connectivity index (χ0v) is 17.6. The monoisotopic (exact) mass is 484 g/mol. The fraction of sp³-hybridized carbons (Fsp3) is 0.250. The molecule has 4 heterocycles. The van der Waals surface area contributed by atoms with Gasteiger partial charge in [0.15, 0.2) is 17.1 Å². The van der Waals surface area contributed by atoms with E-state index < -0.39 is 6.43 Å². The second-order valence-corrected chi connectivity index (χ2v) is 8.28. The van der Waals surface area contributed by atoms with Gasteiger partial charge < -0.3 is 0 Å². The van der Waals surface area contributed by atoms with Crippen LogP contribution in [0.2, 0.25) is 0 Å². The van der Waals surface area contributed by atoms with Crippen LogP contribution in [0.3, 0.4) is 0 Å². The lowest BCUT2D eigenvalue weighted by molar-refractivity contribution is 0.144. The number of aromatic nitrogens is 8. The molecule has 6 rings (SSSR count). The standard InChI is InChI=1S/C20H15BrF2N8/c21-15-16(18(22)23)28-29(17(15)11-6-7-11)9-14-26-20-13-8-25-31(12-4-2-1-3-5-12)19(13)24-10-30(20)27-14/h1-5,8,10-11,18H,6-7,9H2. The molecule has 8 nitrogen and oxygen atoms in total. The first-order chi connectivity index (χ1) is 15.1. The fourth-order valence-corrected chi connectivity index (χ4v) is 4.58. The number of alkyl halides is 2. The topological polar surface area (TPSA) is 78.7 Å².